The zero-order valence-electron chi connectivity index (χ0n) is 14.3. The van der Waals surface area contributed by atoms with E-state index in [-0.39, 0.29) is 17.2 Å². The fourth-order valence-electron chi connectivity index (χ4n) is 3.53. The van der Waals surface area contributed by atoms with Crippen LogP contribution in [-0.4, -0.2) is 34.0 Å². The van der Waals surface area contributed by atoms with Crippen LogP contribution in [0, 0.1) is 25.6 Å². The summed E-state index contributed by atoms with van der Waals surface area (Å²) in [6.45, 7) is 4.88. The van der Waals surface area contributed by atoms with Gasteiger partial charge in [0.2, 0.25) is 0 Å². The van der Waals surface area contributed by atoms with E-state index in [9.17, 15) is 19.1 Å². The molecule has 3 rings (SSSR count). The van der Waals surface area contributed by atoms with Crippen LogP contribution < -0.4 is 5.43 Å². The minimum atomic E-state index is -0.883. The smallest absolute Gasteiger partial charge is 0.308 e. The largest absolute Gasteiger partial charge is 0.481 e. The van der Waals surface area contributed by atoms with Crippen LogP contribution in [0.25, 0.3) is 0 Å². The number of aromatic nitrogens is 1. The van der Waals surface area contributed by atoms with Gasteiger partial charge in [-0.1, -0.05) is 12.1 Å². The molecule has 0 spiro atoms. The number of halogens is 1. The number of benzene rings is 1. The van der Waals surface area contributed by atoms with Crippen LogP contribution in [0.3, 0.4) is 0 Å². The summed E-state index contributed by atoms with van der Waals surface area (Å²) in [4.78, 5) is 28.9. The Balaban J connectivity index is 1.84. The molecular formula is C19H21FN2O3. The molecule has 1 aromatic carbocycles. The van der Waals surface area contributed by atoms with Gasteiger partial charge in [-0.15, -0.1) is 0 Å². The highest BCUT2D eigenvalue weighted by Gasteiger charge is 2.38. The van der Waals surface area contributed by atoms with Gasteiger partial charge < -0.3 is 10.1 Å². The lowest BCUT2D eigenvalue weighted by Gasteiger charge is -2.17. The van der Waals surface area contributed by atoms with E-state index < -0.39 is 11.9 Å². The van der Waals surface area contributed by atoms with E-state index in [1.54, 1.807) is 32.2 Å². The van der Waals surface area contributed by atoms with Crippen molar-refractivity contribution in [3.63, 3.8) is 0 Å². The molecule has 0 radical (unpaired) electrons. The molecule has 0 amide bonds. The topological polar surface area (TPSA) is 73.4 Å². The molecule has 25 heavy (non-hydrogen) atoms. The predicted molar refractivity (Wildman–Crippen MR) is 92.1 cm³/mol. The molecule has 1 aliphatic rings. The number of aliphatic carboxylic acids is 1. The molecule has 0 saturated carbocycles. The Kier molecular flexibility index (Phi) is 4.72. The molecule has 2 N–H and O–H groups in total. The number of hydrogen-bond donors (Lipinski definition) is 2. The zero-order valence-corrected chi connectivity index (χ0v) is 14.3. The Hall–Kier alpha value is -2.47. The average molecular weight is 344 g/mol. The van der Waals surface area contributed by atoms with E-state index in [2.05, 4.69) is 4.98 Å². The number of carboxylic acids is 1. The number of nitrogens with one attached hydrogen (secondary N) is 1. The summed E-state index contributed by atoms with van der Waals surface area (Å²) in [5.41, 5.74) is 2.80. The second kappa shape index (κ2) is 6.80. The lowest BCUT2D eigenvalue weighted by molar-refractivity contribution is -0.141. The number of likely N-dealkylation sites (tertiary alicyclic amines) is 1. The lowest BCUT2D eigenvalue weighted by atomic mass is 9.89. The SMILES string of the molecule is Cc1c[nH]c(CN2C[C@@H](C(=O)O)[C@H](c3cccc(F)c3)C2)c(C)c1=O. The summed E-state index contributed by atoms with van der Waals surface area (Å²) < 4.78 is 13.5. The van der Waals surface area contributed by atoms with Crippen LogP contribution in [0.4, 0.5) is 4.39 Å². The van der Waals surface area contributed by atoms with Gasteiger partial charge in [0.1, 0.15) is 5.82 Å². The summed E-state index contributed by atoms with van der Waals surface area (Å²) in [5.74, 6) is -2.12. The number of carboxylic acid groups (broad SMARTS) is 1. The Morgan fingerprint density at radius 1 is 1.36 bits per heavy atom. The van der Waals surface area contributed by atoms with Crippen molar-refractivity contribution in [1.82, 2.24) is 9.88 Å². The van der Waals surface area contributed by atoms with E-state index in [0.29, 0.717) is 36.3 Å². The molecule has 132 valence electrons. The highest BCUT2D eigenvalue weighted by atomic mass is 19.1. The van der Waals surface area contributed by atoms with Crippen LogP contribution in [0.1, 0.15) is 28.3 Å². The van der Waals surface area contributed by atoms with Crippen molar-refractivity contribution >= 4 is 5.97 Å². The Morgan fingerprint density at radius 3 is 2.80 bits per heavy atom. The van der Waals surface area contributed by atoms with Gasteiger partial charge >= 0.3 is 5.97 Å². The molecule has 1 aromatic heterocycles. The number of pyridine rings is 1. The molecule has 2 heterocycles. The molecule has 0 bridgehead atoms. The third-order valence-corrected chi connectivity index (χ3v) is 4.99. The van der Waals surface area contributed by atoms with Gasteiger partial charge in [-0.3, -0.25) is 14.5 Å². The average Bonchev–Trinajstić information content (AvgIpc) is 3.00. The van der Waals surface area contributed by atoms with Gasteiger partial charge in [0.05, 0.1) is 5.92 Å². The minimum absolute atomic E-state index is 0.00409. The second-order valence-corrected chi connectivity index (χ2v) is 6.70. The van der Waals surface area contributed by atoms with E-state index in [1.165, 1.54) is 12.1 Å². The molecule has 1 fully saturated rings. The van der Waals surface area contributed by atoms with Gasteiger partial charge in [0, 0.05) is 48.6 Å². The molecule has 0 unspecified atom stereocenters. The number of carbonyl (C=O) groups is 1. The fraction of sp³-hybridized carbons (Fsp3) is 0.368. The molecule has 0 aliphatic carbocycles. The third-order valence-electron chi connectivity index (χ3n) is 4.99. The monoisotopic (exact) mass is 344 g/mol. The third kappa shape index (κ3) is 3.49. The molecule has 6 heteroatoms. The Labute approximate surface area is 145 Å². The standard InChI is InChI=1S/C19H21FN2O3/c1-11-7-21-17(12(2)18(11)23)10-22-8-15(16(9-22)19(24)25)13-4-3-5-14(20)6-13/h3-7,15-16H,8-10H2,1-2H3,(H,21,23)(H,24,25)/t15-,16+/m0/s1. The van der Waals surface area contributed by atoms with Gasteiger partial charge in [0.25, 0.3) is 0 Å². The molecule has 1 saturated heterocycles. The highest BCUT2D eigenvalue weighted by molar-refractivity contribution is 5.72. The van der Waals surface area contributed by atoms with Crippen molar-refractivity contribution < 1.29 is 14.3 Å². The maximum atomic E-state index is 13.5. The number of rotatable bonds is 4. The summed E-state index contributed by atoms with van der Waals surface area (Å²) in [6.07, 6.45) is 1.68. The van der Waals surface area contributed by atoms with E-state index >= 15 is 0 Å². The molecular weight excluding hydrogens is 323 g/mol. The normalized spacial score (nSPS) is 20.8. The van der Waals surface area contributed by atoms with Crippen molar-refractivity contribution in [1.29, 1.82) is 0 Å². The Morgan fingerprint density at radius 2 is 2.12 bits per heavy atom. The fourth-order valence-corrected chi connectivity index (χ4v) is 3.53. The highest BCUT2D eigenvalue weighted by Crippen LogP contribution is 2.34. The summed E-state index contributed by atoms with van der Waals surface area (Å²) in [5, 5.41) is 9.56. The first-order valence-corrected chi connectivity index (χ1v) is 8.25. The van der Waals surface area contributed by atoms with Gasteiger partial charge in [0.15, 0.2) is 5.43 Å². The number of nitrogens with zero attached hydrogens (tertiary/aromatic N) is 1. The minimum Gasteiger partial charge on any atom is -0.481 e. The maximum Gasteiger partial charge on any atom is 0.308 e. The Bertz CT molecular complexity index is 862. The van der Waals surface area contributed by atoms with E-state index in [1.807, 2.05) is 4.90 Å². The van der Waals surface area contributed by atoms with E-state index in [4.69, 9.17) is 0 Å². The maximum absolute atomic E-state index is 13.5. The van der Waals surface area contributed by atoms with E-state index in [0.717, 1.165) is 5.69 Å². The quantitative estimate of drug-likeness (QED) is 0.893. The van der Waals surface area contributed by atoms with Crippen molar-refractivity contribution in [2.75, 3.05) is 13.1 Å². The van der Waals surface area contributed by atoms with Crippen LogP contribution >= 0.6 is 0 Å². The molecule has 1 aliphatic heterocycles. The van der Waals surface area contributed by atoms with Crippen LogP contribution in [-0.2, 0) is 11.3 Å². The number of H-pyrrole nitrogens is 1. The van der Waals surface area contributed by atoms with Gasteiger partial charge in [-0.2, -0.15) is 0 Å². The van der Waals surface area contributed by atoms with Crippen LogP contribution in [0.5, 0.6) is 0 Å². The first kappa shape index (κ1) is 17.4. The molecule has 5 nitrogen and oxygen atoms in total. The van der Waals surface area contributed by atoms with Crippen molar-refractivity contribution in [2.24, 2.45) is 5.92 Å². The van der Waals surface area contributed by atoms with Gasteiger partial charge in [-0.25, -0.2) is 4.39 Å². The van der Waals surface area contributed by atoms with Crippen LogP contribution in [0.15, 0.2) is 35.3 Å². The van der Waals surface area contributed by atoms with Crippen molar-refractivity contribution in [2.45, 2.75) is 26.3 Å². The summed E-state index contributed by atoms with van der Waals surface area (Å²) >= 11 is 0. The number of aromatic amines is 1. The number of aryl methyl sites for hydroxylation is 1. The summed E-state index contributed by atoms with van der Waals surface area (Å²) in [7, 11) is 0. The first-order valence-electron chi connectivity index (χ1n) is 8.25. The predicted octanol–water partition coefficient (Wildman–Crippen LogP) is 2.43. The lowest BCUT2D eigenvalue weighted by Crippen LogP contribution is -2.25. The number of hydrogen-bond acceptors (Lipinski definition) is 3. The first-order chi connectivity index (χ1) is 11.9. The second-order valence-electron chi connectivity index (χ2n) is 6.70. The summed E-state index contributed by atoms with van der Waals surface area (Å²) in [6, 6.07) is 6.13. The van der Waals surface area contributed by atoms with Crippen LogP contribution in [0.2, 0.25) is 0 Å². The molecule has 2 atom stereocenters. The van der Waals surface area contributed by atoms with Crippen molar-refractivity contribution in [3.05, 3.63) is 68.9 Å². The van der Waals surface area contributed by atoms with Gasteiger partial charge in [-0.05, 0) is 31.5 Å². The van der Waals surface area contributed by atoms with Crippen molar-refractivity contribution in [3.8, 4) is 0 Å². The zero-order chi connectivity index (χ0) is 18.1. The molecule has 2 aromatic rings.